The zero-order valence-electron chi connectivity index (χ0n) is 14.0. The molecule has 0 spiro atoms. The fourth-order valence-corrected chi connectivity index (χ4v) is 2.62. The maximum atomic E-state index is 12.3. The van der Waals surface area contributed by atoms with Crippen molar-refractivity contribution in [3.63, 3.8) is 0 Å². The minimum Gasteiger partial charge on any atom is -0.494 e. The van der Waals surface area contributed by atoms with Crippen LogP contribution in [0.4, 0.5) is 0 Å². The number of hydrogen-bond acceptors (Lipinski definition) is 6. The van der Waals surface area contributed by atoms with E-state index in [1.807, 2.05) is 24.3 Å². The summed E-state index contributed by atoms with van der Waals surface area (Å²) in [5.41, 5.74) is 11.0. The number of ether oxygens (including phenoxy) is 2. The quantitative estimate of drug-likeness (QED) is 0.370. The van der Waals surface area contributed by atoms with E-state index in [-0.39, 0.29) is 0 Å². The first-order chi connectivity index (χ1) is 12.2. The Morgan fingerprint density at radius 1 is 0.800 bits per heavy atom. The monoisotopic (exact) mass is 342 g/mol. The molecular weight excluding hydrogens is 320 g/mol. The Balaban J connectivity index is 1.96. The second kappa shape index (κ2) is 8.00. The van der Waals surface area contributed by atoms with Gasteiger partial charge in [0.15, 0.2) is 0 Å². The summed E-state index contributed by atoms with van der Waals surface area (Å²) in [5.74, 6) is 1.29. The predicted octanol–water partition coefficient (Wildman–Crippen LogP) is 2.40. The molecule has 0 fully saturated rings. The summed E-state index contributed by atoms with van der Waals surface area (Å²) in [7, 11) is 0. The van der Waals surface area contributed by atoms with Crippen molar-refractivity contribution in [3.8, 4) is 11.5 Å². The van der Waals surface area contributed by atoms with E-state index in [0.29, 0.717) is 48.8 Å². The summed E-state index contributed by atoms with van der Waals surface area (Å²) < 4.78 is 16.7. The summed E-state index contributed by atoms with van der Waals surface area (Å²) >= 11 is 0. The van der Waals surface area contributed by atoms with Crippen molar-refractivity contribution in [1.29, 1.82) is 0 Å². The lowest BCUT2D eigenvalue weighted by atomic mass is 10.1. The third-order valence-corrected chi connectivity index (χ3v) is 3.89. The first kappa shape index (κ1) is 17.3. The third kappa shape index (κ3) is 3.92. The summed E-state index contributed by atoms with van der Waals surface area (Å²) in [6, 6.07) is 10.9. The van der Waals surface area contributed by atoms with E-state index in [9.17, 15) is 4.79 Å². The van der Waals surface area contributed by atoms with Crippen molar-refractivity contribution in [3.05, 3.63) is 46.8 Å². The molecule has 1 heterocycles. The van der Waals surface area contributed by atoms with Crippen molar-refractivity contribution in [2.75, 3.05) is 26.3 Å². The van der Waals surface area contributed by atoms with E-state index in [1.165, 1.54) is 0 Å². The molecule has 0 amide bonds. The van der Waals surface area contributed by atoms with Crippen LogP contribution in [0.5, 0.6) is 11.5 Å². The highest BCUT2D eigenvalue weighted by Crippen LogP contribution is 2.28. The molecular formula is C19H22N2O4. The molecule has 0 aliphatic heterocycles. The first-order valence-corrected chi connectivity index (χ1v) is 8.39. The molecule has 0 unspecified atom stereocenters. The average Bonchev–Trinajstić information content (AvgIpc) is 2.62. The van der Waals surface area contributed by atoms with Gasteiger partial charge in [-0.2, -0.15) is 0 Å². The molecule has 0 radical (unpaired) electrons. The third-order valence-electron chi connectivity index (χ3n) is 3.89. The van der Waals surface area contributed by atoms with Gasteiger partial charge < -0.3 is 25.4 Å². The van der Waals surface area contributed by atoms with Gasteiger partial charge >= 0.3 is 5.63 Å². The number of nitrogens with two attached hydrogens (primary N) is 2. The topological polar surface area (TPSA) is 101 Å². The zero-order valence-corrected chi connectivity index (χ0v) is 14.0. The number of hydrogen-bond donors (Lipinski definition) is 2. The van der Waals surface area contributed by atoms with Crippen molar-refractivity contribution in [2.24, 2.45) is 11.5 Å². The zero-order chi connectivity index (χ0) is 17.6. The summed E-state index contributed by atoms with van der Waals surface area (Å²) in [6.07, 6.45) is 1.53. The molecule has 4 N–H and O–H groups in total. The van der Waals surface area contributed by atoms with Gasteiger partial charge in [-0.3, -0.25) is 0 Å². The fraction of sp³-hybridized carbons (Fsp3) is 0.316. The van der Waals surface area contributed by atoms with E-state index in [2.05, 4.69) is 0 Å². The lowest BCUT2D eigenvalue weighted by Crippen LogP contribution is -2.07. The van der Waals surface area contributed by atoms with Gasteiger partial charge in [-0.05, 0) is 56.3 Å². The highest BCUT2D eigenvalue weighted by molar-refractivity contribution is 6.04. The van der Waals surface area contributed by atoms with E-state index < -0.39 is 5.63 Å². The molecule has 1 aromatic heterocycles. The first-order valence-electron chi connectivity index (χ1n) is 8.39. The van der Waals surface area contributed by atoms with Crippen molar-refractivity contribution >= 4 is 21.7 Å². The van der Waals surface area contributed by atoms with Crippen LogP contribution < -0.4 is 26.6 Å². The number of benzene rings is 2. The molecule has 25 heavy (non-hydrogen) atoms. The van der Waals surface area contributed by atoms with Gasteiger partial charge in [-0.1, -0.05) is 0 Å². The Hall–Kier alpha value is -2.57. The highest BCUT2D eigenvalue weighted by atomic mass is 16.5. The molecule has 3 rings (SSSR count). The number of fused-ring (bicyclic) bond motifs is 3. The largest absolute Gasteiger partial charge is 0.494 e. The van der Waals surface area contributed by atoms with Crippen LogP contribution >= 0.6 is 0 Å². The smallest absolute Gasteiger partial charge is 0.344 e. The van der Waals surface area contributed by atoms with Crippen LogP contribution in [0.1, 0.15) is 12.8 Å². The van der Waals surface area contributed by atoms with Gasteiger partial charge in [0.1, 0.15) is 17.1 Å². The minimum atomic E-state index is -0.397. The lowest BCUT2D eigenvalue weighted by molar-refractivity contribution is 0.313. The van der Waals surface area contributed by atoms with Crippen LogP contribution in [0.25, 0.3) is 21.7 Å². The second-order valence-corrected chi connectivity index (χ2v) is 5.74. The Labute approximate surface area is 145 Å². The van der Waals surface area contributed by atoms with Crippen molar-refractivity contribution < 1.29 is 13.9 Å². The van der Waals surface area contributed by atoms with Crippen LogP contribution in [0, 0.1) is 0 Å². The Morgan fingerprint density at radius 2 is 1.40 bits per heavy atom. The van der Waals surface area contributed by atoms with Crippen LogP contribution in [-0.4, -0.2) is 26.3 Å². The van der Waals surface area contributed by atoms with E-state index >= 15 is 0 Å². The van der Waals surface area contributed by atoms with E-state index in [4.69, 9.17) is 25.4 Å². The Bertz CT molecular complexity index is 920. The molecule has 0 bridgehead atoms. The van der Waals surface area contributed by atoms with Crippen molar-refractivity contribution in [2.45, 2.75) is 12.8 Å². The van der Waals surface area contributed by atoms with E-state index in [1.54, 1.807) is 12.1 Å². The Kier molecular flexibility index (Phi) is 5.53. The van der Waals surface area contributed by atoms with Crippen LogP contribution in [-0.2, 0) is 0 Å². The van der Waals surface area contributed by atoms with E-state index in [0.717, 1.165) is 23.6 Å². The van der Waals surface area contributed by atoms with Gasteiger partial charge in [0.05, 0.1) is 18.6 Å². The van der Waals surface area contributed by atoms with Gasteiger partial charge in [-0.15, -0.1) is 0 Å². The Morgan fingerprint density at radius 3 is 2.04 bits per heavy atom. The second-order valence-electron chi connectivity index (χ2n) is 5.74. The maximum absolute atomic E-state index is 12.3. The molecule has 2 aromatic carbocycles. The van der Waals surface area contributed by atoms with Gasteiger partial charge in [0.2, 0.25) is 0 Å². The van der Waals surface area contributed by atoms with Crippen LogP contribution in [0.15, 0.2) is 45.6 Å². The molecule has 0 saturated carbocycles. The van der Waals surface area contributed by atoms with Crippen LogP contribution in [0.3, 0.4) is 0 Å². The van der Waals surface area contributed by atoms with Crippen molar-refractivity contribution in [1.82, 2.24) is 0 Å². The summed E-state index contributed by atoms with van der Waals surface area (Å²) in [5, 5.41) is 2.18. The molecule has 132 valence electrons. The molecule has 6 heteroatoms. The molecule has 3 aromatic rings. The maximum Gasteiger partial charge on any atom is 0.344 e. The lowest BCUT2D eigenvalue weighted by Gasteiger charge is -2.09. The predicted molar refractivity (Wildman–Crippen MR) is 98.3 cm³/mol. The fourth-order valence-electron chi connectivity index (χ4n) is 2.62. The molecule has 0 aliphatic rings. The molecule has 0 atom stereocenters. The minimum absolute atomic E-state index is 0.397. The summed E-state index contributed by atoms with van der Waals surface area (Å²) in [6.45, 7) is 2.19. The molecule has 6 nitrogen and oxygen atoms in total. The number of rotatable bonds is 8. The van der Waals surface area contributed by atoms with Gasteiger partial charge in [0.25, 0.3) is 0 Å². The highest BCUT2D eigenvalue weighted by Gasteiger charge is 2.10. The summed E-state index contributed by atoms with van der Waals surface area (Å²) in [4.78, 5) is 12.3. The standard InChI is InChI=1S/C19H22N2O4/c20-7-1-9-23-13-3-5-15-16-6-4-14(24-10-2-8-21)12-18(16)25-19(22)17(15)11-13/h3-6,11-12H,1-2,7-10,20-21H2. The normalized spacial score (nSPS) is 11.1. The van der Waals surface area contributed by atoms with Gasteiger partial charge in [0, 0.05) is 16.8 Å². The molecule has 0 saturated heterocycles. The average molecular weight is 342 g/mol. The SMILES string of the molecule is NCCCOc1ccc2c(c1)oc(=O)c1cc(OCCCN)ccc12. The van der Waals surface area contributed by atoms with Crippen LogP contribution in [0.2, 0.25) is 0 Å². The van der Waals surface area contributed by atoms with Gasteiger partial charge in [-0.25, -0.2) is 4.79 Å². The molecule has 0 aliphatic carbocycles.